The molecular formula is C15H23N3O. The van der Waals surface area contributed by atoms with E-state index in [1.165, 1.54) is 0 Å². The van der Waals surface area contributed by atoms with Crippen molar-refractivity contribution >= 4 is 11.6 Å². The van der Waals surface area contributed by atoms with E-state index in [-0.39, 0.29) is 11.3 Å². The Morgan fingerprint density at radius 1 is 1.47 bits per heavy atom. The first-order chi connectivity index (χ1) is 8.93. The number of carbonyl (C=O) groups excluding carboxylic acids is 1. The average Bonchev–Trinajstić information content (AvgIpc) is 2.87. The summed E-state index contributed by atoms with van der Waals surface area (Å²) in [5.41, 5.74) is 1.78. The van der Waals surface area contributed by atoms with Crippen LogP contribution in [0, 0.1) is 11.3 Å². The Morgan fingerprint density at radius 3 is 2.79 bits per heavy atom. The van der Waals surface area contributed by atoms with E-state index in [0.717, 1.165) is 25.2 Å². The smallest absolute Gasteiger partial charge is 0.256 e. The number of anilines is 1. The molecule has 1 aromatic heterocycles. The molecule has 4 nitrogen and oxygen atoms in total. The third kappa shape index (κ3) is 2.88. The maximum absolute atomic E-state index is 12.6. The Morgan fingerprint density at radius 2 is 2.21 bits per heavy atom. The minimum atomic E-state index is 0.110. The molecule has 1 unspecified atom stereocenters. The molecule has 0 saturated carbocycles. The number of carbonyl (C=O) groups is 1. The van der Waals surface area contributed by atoms with Crippen molar-refractivity contribution in [3.63, 3.8) is 0 Å². The van der Waals surface area contributed by atoms with Crippen LogP contribution in [0.2, 0.25) is 0 Å². The van der Waals surface area contributed by atoms with Crippen molar-refractivity contribution in [2.24, 2.45) is 11.3 Å². The lowest BCUT2D eigenvalue weighted by Gasteiger charge is -2.27. The molecule has 0 spiro atoms. The van der Waals surface area contributed by atoms with Gasteiger partial charge in [-0.2, -0.15) is 0 Å². The first-order valence-corrected chi connectivity index (χ1v) is 6.84. The summed E-state index contributed by atoms with van der Waals surface area (Å²) >= 11 is 0. The van der Waals surface area contributed by atoms with Crippen LogP contribution < -0.4 is 5.32 Å². The molecule has 1 N–H and O–H groups in total. The van der Waals surface area contributed by atoms with Gasteiger partial charge in [-0.1, -0.05) is 20.8 Å². The highest BCUT2D eigenvalue weighted by Crippen LogP contribution is 2.34. The molecule has 0 aromatic carbocycles. The average molecular weight is 261 g/mol. The van der Waals surface area contributed by atoms with Crippen molar-refractivity contribution in [3.05, 3.63) is 24.0 Å². The van der Waals surface area contributed by atoms with Gasteiger partial charge in [-0.15, -0.1) is 0 Å². The highest BCUT2D eigenvalue weighted by molar-refractivity contribution is 5.99. The van der Waals surface area contributed by atoms with Crippen LogP contribution in [-0.2, 0) is 0 Å². The highest BCUT2D eigenvalue weighted by atomic mass is 16.2. The number of nitrogens with one attached hydrogen (secondary N) is 1. The van der Waals surface area contributed by atoms with Gasteiger partial charge in [0.25, 0.3) is 5.91 Å². The van der Waals surface area contributed by atoms with E-state index in [4.69, 9.17) is 0 Å². The standard InChI is InChI=1S/C15H23N3O/c1-15(2,3)11-6-8-18(10-11)14(19)12-5-7-17-9-13(12)16-4/h5,7,9,11,16H,6,8,10H2,1-4H3. The number of hydrogen-bond donors (Lipinski definition) is 1. The van der Waals surface area contributed by atoms with Crippen LogP contribution in [0.1, 0.15) is 37.6 Å². The Balaban J connectivity index is 2.14. The van der Waals surface area contributed by atoms with E-state index in [2.05, 4.69) is 31.1 Å². The van der Waals surface area contributed by atoms with Crippen LogP contribution in [0.25, 0.3) is 0 Å². The maximum Gasteiger partial charge on any atom is 0.256 e. The topological polar surface area (TPSA) is 45.2 Å². The number of pyridine rings is 1. The van der Waals surface area contributed by atoms with Gasteiger partial charge >= 0.3 is 0 Å². The predicted octanol–water partition coefficient (Wildman–Crippen LogP) is 2.63. The first-order valence-electron chi connectivity index (χ1n) is 6.84. The van der Waals surface area contributed by atoms with Crippen LogP contribution in [0.5, 0.6) is 0 Å². The summed E-state index contributed by atoms with van der Waals surface area (Å²) in [6, 6.07) is 1.79. The lowest BCUT2D eigenvalue weighted by molar-refractivity contribution is 0.0777. The molecule has 1 amide bonds. The number of rotatable bonds is 2. The van der Waals surface area contributed by atoms with E-state index in [0.29, 0.717) is 11.5 Å². The van der Waals surface area contributed by atoms with E-state index in [1.54, 1.807) is 18.5 Å². The number of likely N-dealkylation sites (tertiary alicyclic amines) is 1. The van der Waals surface area contributed by atoms with Gasteiger partial charge in [0.15, 0.2) is 0 Å². The lowest BCUT2D eigenvalue weighted by atomic mass is 9.80. The summed E-state index contributed by atoms with van der Waals surface area (Å²) in [4.78, 5) is 18.6. The fraction of sp³-hybridized carbons (Fsp3) is 0.600. The molecule has 0 aliphatic carbocycles. The molecule has 19 heavy (non-hydrogen) atoms. The van der Waals surface area contributed by atoms with Gasteiger partial charge in [-0.3, -0.25) is 9.78 Å². The van der Waals surface area contributed by atoms with Crippen LogP contribution in [0.15, 0.2) is 18.5 Å². The summed E-state index contributed by atoms with van der Waals surface area (Å²) in [6.45, 7) is 8.45. The highest BCUT2D eigenvalue weighted by Gasteiger charge is 2.34. The third-order valence-electron chi connectivity index (χ3n) is 4.02. The Bertz CT molecular complexity index is 465. The van der Waals surface area contributed by atoms with E-state index in [9.17, 15) is 4.79 Å². The minimum Gasteiger partial charge on any atom is -0.386 e. The molecule has 1 saturated heterocycles. The molecule has 104 valence electrons. The summed E-state index contributed by atoms with van der Waals surface area (Å²) < 4.78 is 0. The zero-order chi connectivity index (χ0) is 14.0. The van der Waals surface area contributed by atoms with Crippen molar-refractivity contribution in [2.75, 3.05) is 25.5 Å². The second-order valence-electron chi connectivity index (χ2n) is 6.27. The number of nitrogens with zero attached hydrogens (tertiary/aromatic N) is 2. The molecule has 2 heterocycles. The maximum atomic E-state index is 12.6. The molecule has 0 bridgehead atoms. The molecule has 1 aromatic rings. The fourth-order valence-electron chi connectivity index (χ4n) is 2.60. The second kappa shape index (κ2) is 5.19. The SMILES string of the molecule is CNc1cnccc1C(=O)N1CCC(C(C)(C)C)C1. The normalized spacial score (nSPS) is 19.6. The van der Waals surface area contributed by atoms with Gasteiger partial charge in [0, 0.05) is 26.3 Å². The molecular weight excluding hydrogens is 238 g/mol. The van der Waals surface area contributed by atoms with Crippen molar-refractivity contribution < 1.29 is 4.79 Å². The molecule has 1 fully saturated rings. The predicted molar refractivity (Wildman–Crippen MR) is 77.2 cm³/mol. The van der Waals surface area contributed by atoms with Crippen LogP contribution >= 0.6 is 0 Å². The van der Waals surface area contributed by atoms with Crippen LogP contribution in [0.4, 0.5) is 5.69 Å². The van der Waals surface area contributed by atoms with Crippen molar-refractivity contribution in [1.82, 2.24) is 9.88 Å². The van der Waals surface area contributed by atoms with Crippen molar-refractivity contribution in [2.45, 2.75) is 27.2 Å². The number of amides is 1. The van der Waals surface area contributed by atoms with Gasteiger partial charge in [-0.25, -0.2) is 0 Å². The largest absolute Gasteiger partial charge is 0.386 e. The zero-order valence-electron chi connectivity index (χ0n) is 12.2. The third-order valence-corrected chi connectivity index (χ3v) is 4.02. The number of hydrogen-bond acceptors (Lipinski definition) is 3. The van der Waals surface area contributed by atoms with Crippen LogP contribution in [0.3, 0.4) is 0 Å². The monoisotopic (exact) mass is 261 g/mol. The summed E-state index contributed by atoms with van der Waals surface area (Å²) in [7, 11) is 1.82. The molecule has 1 aliphatic rings. The van der Waals surface area contributed by atoms with E-state index >= 15 is 0 Å². The number of aromatic nitrogens is 1. The molecule has 1 atom stereocenters. The minimum absolute atomic E-state index is 0.110. The molecule has 0 radical (unpaired) electrons. The molecule has 1 aliphatic heterocycles. The van der Waals surface area contributed by atoms with Crippen molar-refractivity contribution in [3.8, 4) is 0 Å². The lowest BCUT2D eigenvalue weighted by Crippen LogP contribution is -2.31. The fourth-order valence-corrected chi connectivity index (χ4v) is 2.60. The van der Waals surface area contributed by atoms with Gasteiger partial charge < -0.3 is 10.2 Å². The Labute approximate surface area is 115 Å². The Hall–Kier alpha value is -1.58. The van der Waals surface area contributed by atoms with Gasteiger partial charge in [0.05, 0.1) is 17.4 Å². The van der Waals surface area contributed by atoms with Crippen LogP contribution in [-0.4, -0.2) is 35.9 Å². The quantitative estimate of drug-likeness (QED) is 0.890. The van der Waals surface area contributed by atoms with E-state index < -0.39 is 0 Å². The van der Waals surface area contributed by atoms with Gasteiger partial charge in [0.2, 0.25) is 0 Å². The van der Waals surface area contributed by atoms with Crippen molar-refractivity contribution in [1.29, 1.82) is 0 Å². The van der Waals surface area contributed by atoms with E-state index in [1.807, 2.05) is 11.9 Å². The zero-order valence-corrected chi connectivity index (χ0v) is 12.2. The first kappa shape index (κ1) is 13.8. The molecule has 4 heteroatoms. The second-order valence-corrected chi connectivity index (χ2v) is 6.27. The van der Waals surface area contributed by atoms with Gasteiger partial charge in [-0.05, 0) is 23.8 Å². The summed E-state index contributed by atoms with van der Waals surface area (Å²) in [6.07, 6.45) is 4.46. The Kier molecular flexibility index (Phi) is 3.78. The summed E-state index contributed by atoms with van der Waals surface area (Å²) in [5, 5.41) is 3.03. The summed E-state index contributed by atoms with van der Waals surface area (Å²) in [5.74, 6) is 0.690. The molecule has 2 rings (SSSR count). The van der Waals surface area contributed by atoms with Gasteiger partial charge in [0.1, 0.15) is 0 Å².